The van der Waals surface area contributed by atoms with E-state index in [1.54, 1.807) is 0 Å². The molecule has 9 heteroatoms. The van der Waals surface area contributed by atoms with E-state index in [9.17, 15) is 24.0 Å². The van der Waals surface area contributed by atoms with Gasteiger partial charge in [0, 0.05) is 6.42 Å². The maximum absolute atomic E-state index is 13.1. The van der Waals surface area contributed by atoms with Gasteiger partial charge in [0.05, 0.1) is 11.1 Å². The van der Waals surface area contributed by atoms with Crippen molar-refractivity contribution < 1.29 is 33.4 Å². The molecule has 2 unspecified atom stereocenters. The summed E-state index contributed by atoms with van der Waals surface area (Å²) in [7, 11) is 0. The Morgan fingerprint density at radius 3 is 2.53 bits per heavy atom. The zero-order valence-electron chi connectivity index (χ0n) is 17.2. The number of piperidine rings is 1. The smallest absolute Gasteiger partial charge is 0.347 e. The van der Waals surface area contributed by atoms with E-state index in [-0.39, 0.29) is 36.3 Å². The van der Waals surface area contributed by atoms with Crippen LogP contribution < -0.4 is 10.1 Å². The summed E-state index contributed by atoms with van der Waals surface area (Å²) in [6.07, 6.45) is -0.968. The Bertz CT molecular complexity index is 1110. The Balaban J connectivity index is 1.49. The van der Waals surface area contributed by atoms with Crippen LogP contribution in [0.15, 0.2) is 48.5 Å². The minimum absolute atomic E-state index is 0.0232. The number of rotatable bonds is 6. The number of ether oxygens (including phenoxy) is 2. The molecule has 1 saturated heterocycles. The normalized spacial score (nSPS) is 18.8. The summed E-state index contributed by atoms with van der Waals surface area (Å²) in [5.74, 6) is -3.10. The highest BCUT2D eigenvalue weighted by Crippen LogP contribution is 2.34. The van der Waals surface area contributed by atoms with E-state index in [0.717, 1.165) is 10.5 Å². The summed E-state index contributed by atoms with van der Waals surface area (Å²) >= 11 is 0. The van der Waals surface area contributed by atoms with E-state index in [2.05, 4.69) is 5.32 Å². The summed E-state index contributed by atoms with van der Waals surface area (Å²) in [6, 6.07) is 12.5. The summed E-state index contributed by atoms with van der Waals surface area (Å²) in [5, 5.41) is 2.15. The summed E-state index contributed by atoms with van der Waals surface area (Å²) in [5.41, 5.74) is 0.862. The summed E-state index contributed by atoms with van der Waals surface area (Å²) in [6.45, 7) is 1.55. The first-order valence-electron chi connectivity index (χ1n) is 10.1. The molecule has 2 heterocycles. The van der Waals surface area contributed by atoms with Crippen LogP contribution in [0.1, 0.15) is 46.0 Å². The molecular formula is C23H20N2O7. The second-order valence-electron chi connectivity index (χ2n) is 7.48. The van der Waals surface area contributed by atoms with Crippen LogP contribution in [-0.4, -0.2) is 46.6 Å². The van der Waals surface area contributed by atoms with Gasteiger partial charge in [-0.25, -0.2) is 4.79 Å². The molecule has 0 aliphatic carbocycles. The van der Waals surface area contributed by atoms with E-state index in [4.69, 9.17) is 9.47 Å². The van der Waals surface area contributed by atoms with Gasteiger partial charge in [-0.2, -0.15) is 0 Å². The molecular weight excluding hydrogens is 416 g/mol. The van der Waals surface area contributed by atoms with Crippen LogP contribution >= 0.6 is 0 Å². The van der Waals surface area contributed by atoms with Crippen molar-refractivity contribution in [1.29, 1.82) is 0 Å². The number of carbonyl (C=O) groups excluding carboxylic acids is 5. The maximum atomic E-state index is 13.1. The molecule has 0 bridgehead atoms. The monoisotopic (exact) mass is 436 g/mol. The Labute approximate surface area is 183 Å². The topological polar surface area (TPSA) is 119 Å². The fourth-order valence-electron chi connectivity index (χ4n) is 3.67. The molecule has 1 N–H and O–H groups in total. The lowest BCUT2D eigenvalue weighted by Gasteiger charge is -2.27. The van der Waals surface area contributed by atoms with Crippen LogP contribution in [0.3, 0.4) is 0 Å². The number of nitrogens with one attached hydrogen (secondary N) is 1. The summed E-state index contributed by atoms with van der Waals surface area (Å²) in [4.78, 5) is 62.7. The molecule has 0 spiro atoms. The van der Waals surface area contributed by atoms with Gasteiger partial charge in [0.2, 0.25) is 11.8 Å². The van der Waals surface area contributed by atoms with Crippen molar-refractivity contribution in [2.24, 2.45) is 0 Å². The zero-order chi connectivity index (χ0) is 22.8. The molecule has 4 amide bonds. The first-order valence-corrected chi connectivity index (χ1v) is 10.1. The van der Waals surface area contributed by atoms with Crippen molar-refractivity contribution in [3.05, 3.63) is 65.2 Å². The number of benzene rings is 2. The van der Waals surface area contributed by atoms with Gasteiger partial charge in [-0.3, -0.25) is 29.4 Å². The molecule has 2 aromatic carbocycles. The van der Waals surface area contributed by atoms with E-state index < -0.39 is 41.7 Å². The van der Waals surface area contributed by atoms with Crippen LogP contribution in [0.4, 0.5) is 0 Å². The van der Waals surface area contributed by atoms with Crippen LogP contribution in [-0.2, 0) is 25.7 Å². The van der Waals surface area contributed by atoms with Gasteiger partial charge in [-0.1, -0.05) is 36.4 Å². The van der Waals surface area contributed by atoms with Crippen LogP contribution in [0, 0.1) is 0 Å². The predicted octanol–water partition coefficient (Wildman–Crippen LogP) is 1.60. The molecule has 2 atom stereocenters. The van der Waals surface area contributed by atoms with Crippen molar-refractivity contribution in [2.45, 2.75) is 38.5 Å². The van der Waals surface area contributed by atoms with E-state index in [1.807, 2.05) is 30.3 Å². The van der Waals surface area contributed by atoms with Gasteiger partial charge in [-0.05, 0) is 31.0 Å². The first kappa shape index (κ1) is 21.2. The number of esters is 1. The first-order chi connectivity index (χ1) is 15.4. The van der Waals surface area contributed by atoms with Gasteiger partial charge < -0.3 is 9.47 Å². The SMILES string of the molecule is CC(Oc1cccc2c1C(=O)N(C1CCC(=O)NC1=O)C2=O)C(=O)OCc1ccccc1. The Kier molecular flexibility index (Phi) is 5.72. The molecule has 0 aromatic heterocycles. The lowest BCUT2D eigenvalue weighted by molar-refractivity contribution is -0.152. The van der Waals surface area contributed by atoms with Crippen molar-refractivity contribution in [2.75, 3.05) is 0 Å². The minimum Gasteiger partial charge on any atom is -0.478 e. The van der Waals surface area contributed by atoms with Crippen molar-refractivity contribution in [3.63, 3.8) is 0 Å². The highest BCUT2D eigenvalue weighted by molar-refractivity contribution is 6.24. The minimum atomic E-state index is -1.08. The lowest BCUT2D eigenvalue weighted by atomic mass is 10.0. The van der Waals surface area contributed by atoms with Crippen LogP contribution in [0.2, 0.25) is 0 Å². The van der Waals surface area contributed by atoms with Gasteiger partial charge >= 0.3 is 5.97 Å². The number of imide groups is 2. The molecule has 2 aliphatic rings. The van der Waals surface area contributed by atoms with Gasteiger partial charge in [0.15, 0.2) is 6.10 Å². The molecule has 9 nitrogen and oxygen atoms in total. The molecule has 1 fully saturated rings. The average molecular weight is 436 g/mol. The number of fused-ring (bicyclic) bond motifs is 1. The number of hydrogen-bond acceptors (Lipinski definition) is 7. The summed E-state index contributed by atoms with van der Waals surface area (Å²) < 4.78 is 10.9. The predicted molar refractivity (Wildman–Crippen MR) is 109 cm³/mol. The molecule has 32 heavy (non-hydrogen) atoms. The second kappa shape index (κ2) is 8.62. The third-order valence-corrected chi connectivity index (χ3v) is 5.29. The van der Waals surface area contributed by atoms with Crippen molar-refractivity contribution >= 4 is 29.6 Å². The highest BCUT2D eigenvalue weighted by Gasteiger charge is 2.46. The quantitative estimate of drug-likeness (QED) is 0.540. The molecule has 0 saturated carbocycles. The molecule has 2 aliphatic heterocycles. The van der Waals surface area contributed by atoms with E-state index >= 15 is 0 Å². The molecule has 0 radical (unpaired) electrons. The Morgan fingerprint density at radius 1 is 1.06 bits per heavy atom. The molecule has 4 rings (SSSR count). The lowest BCUT2D eigenvalue weighted by Crippen LogP contribution is -2.54. The largest absolute Gasteiger partial charge is 0.478 e. The van der Waals surface area contributed by atoms with E-state index in [1.165, 1.54) is 25.1 Å². The zero-order valence-corrected chi connectivity index (χ0v) is 17.2. The fourth-order valence-corrected chi connectivity index (χ4v) is 3.67. The third-order valence-electron chi connectivity index (χ3n) is 5.29. The number of hydrogen-bond donors (Lipinski definition) is 1. The van der Waals surface area contributed by atoms with Crippen LogP contribution in [0.5, 0.6) is 5.75 Å². The Morgan fingerprint density at radius 2 is 1.81 bits per heavy atom. The number of nitrogens with zero attached hydrogens (tertiary/aromatic N) is 1. The van der Waals surface area contributed by atoms with Gasteiger partial charge in [0.1, 0.15) is 18.4 Å². The Hall–Kier alpha value is -4.01. The van der Waals surface area contributed by atoms with E-state index in [0.29, 0.717) is 0 Å². The standard InChI is InChI=1S/C23H20N2O7/c1-13(23(30)31-12-14-6-3-2-4-7-14)32-17-9-5-8-15-19(17)22(29)25(21(15)28)16-10-11-18(26)24-20(16)27/h2-9,13,16H,10-12H2,1H3,(H,24,26,27). The van der Waals surface area contributed by atoms with Crippen molar-refractivity contribution in [3.8, 4) is 5.75 Å². The van der Waals surface area contributed by atoms with Gasteiger partial charge in [0.25, 0.3) is 11.8 Å². The maximum Gasteiger partial charge on any atom is 0.347 e. The van der Waals surface area contributed by atoms with Gasteiger partial charge in [-0.15, -0.1) is 0 Å². The third kappa shape index (κ3) is 3.96. The number of amides is 4. The van der Waals surface area contributed by atoms with Crippen LogP contribution in [0.25, 0.3) is 0 Å². The van der Waals surface area contributed by atoms with Crippen molar-refractivity contribution in [1.82, 2.24) is 10.2 Å². The average Bonchev–Trinajstić information content (AvgIpc) is 3.04. The number of carbonyl (C=O) groups is 5. The molecule has 164 valence electrons. The highest BCUT2D eigenvalue weighted by atomic mass is 16.6. The molecule has 2 aromatic rings. The fraction of sp³-hybridized carbons (Fsp3) is 0.261. The second-order valence-corrected chi connectivity index (χ2v) is 7.48.